The number of hydrogen-bond acceptors (Lipinski definition) is 4. The molecule has 0 atom stereocenters. The number of hydrogen-bond donors (Lipinski definition) is 2. The molecule has 11 heteroatoms. The van der Waals surface area contributed by atoms with Crippen molar-refractivity contribution in [2.24, 2.45) is 5.92 Å². The highest BCUT2D eigenvalue weighted by Crippen LogP contribution is 2.32. The standard InChI is InChI=1S/C19H27BrF3N3O3S/c1-13(2)30(28,29)25-5-8-26-6-3-14(4-7-26)12-24-18(27)15-9-16(19(21,22)23)11-17(20)10-15/h9-11,13-14,25H,3-8,12H2,1-2H3,(H,24,27). The van der Waals surface area contributed by atoms with Gasteiger partial charge in [-0.3, -0.25) is 4.79 Å². The first kappa shape index (κ1) is 25.1. The fourth-order valence-corrected chi connectivity index (χ4v) is 4.35. The third-order valence-electron chi connectivity index (χ3n) is 5.10. The molecule has 0 saturated carbocycles. The molecule has 2 N–H and O–H groups in total. The average Bonchev–Trinajstić information content (AvgIpc) is 2.65. The first-order chi connectivity index (χ1) is 13.9. The maximum atomic E-state index is 12.9. The number of amides is 1. The highest BCUT2D eigenvalue weighted by Gasteiger charge is 2.31. The van der Waals surface area contributed by atoms with Crippen LogP contribution in [0.25, 0.3) is 0 Å². The van der Waals surface area contributed by atoms with E-state index in [-0.39, 0.29) is 16.0 Å². The molecule has 1 aromatic carbocycles. The largest absolute Gasteiger partial charge is 0.416 e. The van der Waals surface area contributed by atoms with E-state index in [9.17, 15) is 26.4 Å². The summed E-state index contributed by atoms with van der Waals surface area (Å²) >= 11 is 3.02. The Bertz CT molecular complexity index is 839. The molecular formula is C19H27BrF3N3O3S. The Morgan fingerprint density at radius 3 is 2.43 bits per heavy atom. The summed E-state index contributed by atoms with van der Waals surface area (Å²) in [6, 6.07) is 3.15. The van der Waals surface area contributed by atoms with Gasteiger partial charge < -0.3 is 10.2 Å². The lowest BCUT2D eigenvalue weighted by Gasteiger charge is -2.32. The van der Waals surface area contributed by atoms with Crippen molar-refractivity contribution in [2.45, 2.75) is 38.1 Å². The fourth-order valence-electron chi connectivity index (χ4n) is 3.15. The van der Waals surface area contributed by atoms with Crippen molar-refractivity contribution in [1.29, 1.82) is 0 Å². The molecule has 2 rings (SSSR count). The second-order valence-electron chi connectivity index (χ2n) is 7.71. The van der Waals surface area contributed by atoms with Crippen molar-refractivity contribution in [3.05, 3.63) is 33.8 Å². The molecule has 0 aromatic heterocycles. The number of sulfonamides is 1. The van der Waals surface area contributed by atoms with Crippen LogP contribution in [0.5, 0.6) is 0 Å². The second-order valence-corrected chi connectivity index (χ2v) is 10.9. The lowest BCUT2D eigenvalue weighted by Crippen LogP contribution is -2.42. The van der Waals surface area contributed by atoms with Gasteiger partial charge in [-0.25, -0.2) is 13.1 Å². The summed E-state index contributed by atoms with van der Waals surface area (Å²) < 4.78 is 65.1. The quantitative estimate of drug-likeness (QED) is 0.559. The van der Waals surface area contributed by atoms with Gasteiger partial charge in [-0.2, -0.15) is 13.2 Å². The predicted octanol–water partition coefficient (Wildman–Crippen LogP) is 3.24. The lowest BCUT2D eigenvalue weighted by atomic mass is 9.96. The summed E-state index contributed by atoms with van der Waals surface area (Å²) in [6.45, 7) is 6.16. The van der Waals surface area contributed by atoms with E-state index in [1.807, 2.05) is 0 Å². The van der Waals surface area contributed by atoms with Crippen LogP contribution in [0.4, 0.5) is 13.2 Å². The van der Waals surface area contributed by atoms with Crippen molar-refractivity contribution < 1.29 is 26.4 Å². The van der Waals surface area contributed by atoms with Crippen LogP contribution >= 0.6 is 15.9 Å². The van der Waals surface area contributed by atoms with Crippen LogP contribution in [-0.2, 0) is 16.2 Å². The lowest BCUT2D eigenvalue weighted by molar-refractivity contribution is -0.137. The molecular weight excluding hydrogens is 487 g/mol. The summed E-state index contributed by atoms with van der Waals surface area (Å²) in [7, 11) is -3.27. The number of carbonyl (C=O) groups is 1. The Hall–Kier alpha value is -1.17. The normalized spacial score (nSPS) is 16.8. The third kappa shape index (κ3) is 7.51. The maximum absolute atomic E-state index is 12.9. The van der Waals surface area contributed by atoms with Gasteiger partial charge in [-0.1, -0.05) is 15.9 Å². The van der Waals surface area contributed by atoms with Gasteiger partial charge in [0.2, 0.25) is 10.0 Å². The Morgan fingerprint density at radius 2 is 1.87 bits per heavy atom. The van der Waals surface area contributed by atoms with Gasteiger partial charge in [0.25, 0.3) is 5.91 Å². The van der Waals surface area contributed by atoms with Crippen molar-refractivity contribution in [3.63, 3.8) is 0 Å². The molecule has 1 aliphatic rings. The van der Waals surface area contributed by atoms with E-state index in [1.165, 1.54) is 6.07 Å². The zero-order valence-electron chi connectivity index (χ0n) is 16.9. The number of nitrogens with one attached hydrogen (secondary N) is 2. The SMILES string of the molecule is CC(C)S(=O)(=O)NCCN1CCC(CNC(=O)c2cc(Br)cc(C(F)(F)F)c2)CC1. The maximum Gasteiger partial charge on any atom is 0.416 e. The Balaban J connectivity index is 1.77. The van der Waals surface area contributed by atoms with Crippen LogP contribution in [0.15, 0.2) is 22.7 Å². The van der Waals surface area contributed by atoms with E-state index >= 15 is 0 Å². The monoisotopic (exact) mass is 513 g/mol. The van der Waals surface area contributed by atoms with E-state index in [2.05, 4.69) is 30.9 Å². The number of piperidine rings is 1. The topological polar surface area (TPSA) is 78.5 Å². The summed E-state index contributed by atoms with van der Waals surface area (Å²) in [4.78, 5) is 14.5. The molecule has 1 aliphatic heterocycles. The van der Waals surface area contributed by atoms with E-state index in [0.717, 1.165) is 38.1 Å². The van der Waals surface area contributed by atoms with Gasteiger partial charge in [-0.05, 0) is 63.9 Å². The number of nitrogens with zero attached hydrogens (tertiary/aromatic N) is 1. The van der Waals surface area contributed by atoms with Crippen LogP contribution in [-0.4, -0.2) is 57.2 Å². The molecule has 170 valence electrons. The summed E-state index contributed by atoms with van der Waals surface area (Å²) in [5, 5.41) is 2.26. The highest BCUT2D eigenvalue weighted by atomic mass is 79.9. The van der Waals surface area contributed by atoms with E-state index in [0.29, 0.717) is 19.6 Å². The minimum atomic E-state index is -4.52. The smallest absolute Gasteiger partial charge is 0.352 e. The number of alkyl halides is 3. The summed E-state index contributed by atoms with van der Waals surface area (Å²) in [6.07, 6.45) is -2.87. The molecule has 1 heterocycles. The van der Waals surface area contributed by atoms with E-state index in [4.69, 9.17) is 0 Å². The molecule has 1 aromatic rings. The van der Waals surface area contributed by atoms with Crippen molar-refractivity contribution in [2.75, 3.05) is 32.7 Å². The van der Waals surface area contributed by atoms with Crippen molar-refractivity contribution in [3.8, 4) is 0 Å². The van der Waals surface area contributed by atoms with E-state index in [1.54, 1.807) is 13.8 Å². The van der Waals surface area contributed by atoms with Crippen LogP contribution in [0.2, 0.25) is 0 Å². The number of carbonyl (C=O) groups excluding carboxylic acids is 1. The van der Waals surface area contributed by atoms with Gasteiger partial charge >= 0.3 is 6.18 Å². The number of rotatable bonds is 8. The highest BCUT2D eigenvalue weighted by molar-refractivity contribution is 9.10. The van der Waals surface area contributed by atoms with Gasteiger partial charge in [0.1, 0.15) is 0 Å². The Kier molecular flexibility index (Phi) is 8.72. The molecule has 1 saturated heterocycles. The Labute approximate surface area is 183 Å². The number of halogens is 4. The van der Waals surface area contributed by atoms with Crippen LogP contribution in [0.3, 0.4) is 0 Å². The molecule has 6 nitrogen and oxygen atoms in total. The van der Waals surface area contributed by atoms with Gasteiger partial charge in [0.15, 0.2) is 0 Å². The zero-order chi connectivity index (χ0) is 22.5. The molecule has 1 fully saturated rings. The second kappa shape index (κ2) is 10.4. The van der Waals surface area contributed by atoms with Crippen LogP contribution < -0.4 is 10.0 Å². The van der Waals surface area contributed by atoms with Crippen LogP contribution in [0.1, 0.15) is 42.6 Å². The molecule has 0 bridgehead atoms. The van der Waals surface area contributed by atoms with Gasteiger partial charge in [0, 0.05) is 29.7 Å². The molecule has 0 aliphatic carbocycles. The zero-order valence-corrected chi connectivity index (χ0v) is 19.3. The van der Waals surface area contributed by atoms with Crippen molar-refractivity contribution >= 4 is 31.9 Å². The molecule has 30 heavy (non-hydrogen) atoms. The minimum Gasteiger partial charge on any atom is -0.352 e. The fraction of sp³-hybridized carbons (Fsp3) is 0.632. The number of likely N-dealkylation sites (tertiary alicyclic amines) is 1. The Morgan fingerprint density at radius 1 is 1.23 bits per heavy atom. The van der Waals surface area contributed by atoms with Gasteiger partial charge in [-0.15, -0.1) is 0 Å². The average molecular weight is 514 g/mol. The summed E-state index contributed by atoms with van der Waals surface area (Å²) in [5.74, 6) is -0.306. The van der Waals surface area contributed by atoms with Crippen LogP contribution in [0, 0.1) is 5.92 Å². The third-order valence-corrected chi connectivity index (χ3v) is 7.40. The molecule has 0 radical (unpaired) electrons. The predicted molar refractivity (Wildman–Crippen MR) is 113 cm³/mol. The molecule has 0 unspecified atom stereocenters. The van der Waals surface area contributed by atoms with E-state index < -0.39 is 32.9 Å². The first-order valence-electron chi connectivity index (χ1n) is 9.75. The first-order valence-corrected chi connectivity index (χ1v) is 12.1. The molecule has 1 amide bonds. The number of benzene rings is 1. The minimum absolute atomic E-state index is 0.0356. The summed E-state index contributed by atoms with van der Waals surface area (Å²) in [5.41, 5.74) is -0.907. The molecule has 0 spiro atoms. The van der Waals surface area contributed by atoms with Gasteiger partial charge in [0.05, 0.1) is 10.8 Å². The van der Waals surface area contributed by atoms with Crippen molar-refractivity contribution in [1.82, 2.24) is 14.9 Å².